The number of phenolic OH excluding ortho intramolecular Hbond substituents is 1. The monoisotopic (exact) mass is 534 g/mol. The molecular weight excluding hydrogens is 509 g/mol. The zero-order chi connectivity index (χ0) is 27.7. The lowest BCUT2D eigenvalue weighted by Crippen LogP contribution is -2.30. The number of amides is 2. The Balaban J connectivity index is 1.38. The van der Waals surface area contributed by atoms with Crippen LogP contribution in [0.25, 0.3) is 11.3 Å². The van der Waals surface area contributed by atoms with E-state index in [1.165, 1.54) is 28.9 Å². The van der Waals surface area contributed by atoms with E-state index in [-0.39, 0.29) is 28.5 Å². The molecular formula is C29H25F3N4O3. The molecule has 1 heterocycles. The predicted molar refractivity (Wildman–Crippen MR) is 140 cm³/mol. The fraction of sp³-hybridized carbons (Fsp3) is 0.207. The molecule has 3 aromatic carbocycles. The van der Waals surface area contributed by atoms with Gasteiger partial charge in [-0.1, -0.05) is 30.3 Å². The van der Waals surface area contributed by atoms with Crippen molar-refractivity contribution in [3.8, 4) is 17.0 Å². The van der Waals surface area contributed by atoms with Gasteiger partial charge in [0.25, 0.3) is 5.91 Å². The molecule has 39 heavy (non-hydrogen) atoms. The Hall–Kier alpha value is -4.60. The Morgan fingerprint density at radius 3 is 2.51 bits per heavy atom. The Morgan fingerprint density at radius 1 is 1.03 bits per heavy atom. The fourth-order valence-electron chi connectivity index (χ4n) is 4.27. The summed E-state index contributed by atoms with van der Waals surface area (Å²) in [4.78, 5) is 25.7. The molecule has 0 radical (unpaired) electrons. The van der Waals surface area contributed by atoms with Gasteiger partial charge in [0.05, 0.1) is 17.0 Å². The lowest BCUT2D eigenvalue weighted by Gasteiger charge is -2.11. The summed E-state index contributed by atoms with van der Waals surface area (Å²) in [6.45, 7) is 2.29. The number of hydrogen-bond donors (Lipinski definition) is 3. The number of nitrogens with zero attached hydrogens (tertiary/aromatic N) is 2. The quantitative estimate of drug-likeness (QED) is 0.247. The molecule has 0 saturated heterocycles. The highest BCUT2D eigenvalue weighted by atomic mass is 19.4. The average Bonchev–Trinajstić information content (AvgIpc) is 3.66. The number of rotatable bonds is 6. The third-order valence-corrected chi connectivity index (χ3v) is 6.60. The third kappa shape index (κ3) is 5.79. The Morgan fingerprint density at radius 2 is 1.79 bits per heavy atom. The van der Waals surface area contributed by atoms with Crippen molar-refractivity contribution in [3.05, 3.63) is 101 Å². The maximum Gasteiger partial charge on any atom is 0.416 e. The first-order valence-corrected chi connectivity index (χ1v) is 12.3. The van der Waals surface area contributed by atoms with Crippen LogP contribution < -0.4 is 10.6 Å². The van der Waals surface area contributed by atoms with Gasteiger partial charge in [0, 0.05) is 29.3 Å². The van der Waals surface area contributed by atoms with Gasteiger partial charge in [-0.3, -0.25) is 4.79 Å². The van der Waals surface area contributed by atoms with Crippen molar-refractivity contribution in [3.63, 3.8) is 0 Å². The van der Waals surface area contributed by atoms with Gasteiger partial charge in [-0.25, -0.2) is 4.79 Å². The highest BCUT2D eigenvalue weighted by Crippen LogP contribution is 2.42. The molecule has 1 aromatic heterocycles. The molecule has 1 aliphatic rings. The van der Waals surface area contributed by atoms with E-state index in [4.69, 9.17) is 0 Å². The molecule has 4 aromatic rings. The molecule has 10 heteroatoms. The maximum atomic E-state index is 13.1. The Labute approximate surface area is 222 Å². The van der Waals surface area contributed by atoms with Crippen LogP contribution in [0.4, 0.5) is 23.7 Å². The summed E-state index contributed by atoms with van der Waals surface area (Å²) in [5.41, 5.74) is 2.50. The molecule has 0 bridgehead atoms. The van der Waals surface area contributed by atoms with E-state index >= 15 is 0 Å². The van der Waals surface area contributed by atoms with Crippen LogP contribution in [0.5, 0.6) is 5.75 Å². The van der Waals surface area contributed by atoms with E-state index < -0.39 is 23.7 Å². The van der Waals surface area contributed by atoms with Crippen molar-refractivity contribution in [1.29, 1.82) is 0 Å². The second kappa shape index (κ2) is 10.3. The van der Waals surface area contributed by atoms with E-state index in [0.717, 1.165) is 42.2 Å². The predicted octanol–water partition coefficient (Wildman–Crippen LogP) is 6.47. The first-order chi connectivity index (χ1) is 18.6. The number of nitrogens with one attached hydrogen (secondary N) is 2. The van der Waals surface area contributed by atoms with Gasteiger partial charge in [0.2, 0.25) is 0 Å². The van der Waals surface area contributed by atoms with Gasteiger partial charge in [-0.05, 0) is 73.4 Å². The molecule has 200 valence electrons. The maximum absolute atomic E-state index is 13.1. The molecule has 7 nitrogen and oxygen atoms in total. The molecule has 0 aliphatic heterocycles. The average molecular weight is 535 g/mol. The zero-order valence-corrected chi connectivity index (χ0v) is 20.9. The van der Waals surface area contributed by atoms with Crippen LogP contribution in [0.2, 0.25) is 0 Å². The molecule has 2 amide bonds. The van der Waals surface area contributed by atoms with Crippen LogP contribution in [0.3, 0.4) is 0 Å². The lowest BCUT2D eigenvalue weighted by atomic mass is 10.1. The first kappa shape index (κ1) is 26.0. The van der Waals surface area contributed by atoms with E-state index in [0.29, 0.717) is 17.9 Å². The highest BCUT2D eigenvalue weighted by molar-refractivity contribution is 6.04. The van der Waals surface area contributed by atoms with E-state index in [1.54, 1.807) is 6.07 Å². The number of aromatic hydroxyl groups is 1. The normalized spacial score (nSPS) is 13.2. The minimum Gasteiger partial charge on any atom is -0.507 e. The fourth-order valence-corrected chi connectivity index (χ4v) is 4.27. The summed E-state index contributed by atoms with van der Waals surface area (Å²) in [6, 6.07) is 17.4. The number of benzene rings is 3. The summed E-state index contributed by atoms with van der Waals surface area (Å²) in [7, 11) is 0. The van der Waals surface area contributed by atoms with Gasteiger partial charge >= 0.3 is 12.2 Å². The Bertz CT molecular complexity index is 1560. The van der Waals surface area contributed by atoms with Crippen LogP contribution in [-0.2, 0) is 12.7 Å². The van der Waals surface area contributed by atoms with Crippen LogP contribution in [0.1, 0.15) is 51.5 Å². The van der Waals surface area contributed by atoms with Crippen molar-refractivity contribution in [1.82, 2.24) is 15.1 Å². The largest absolute Gasteiger partial charge is 0.507 e. The number of anilines is 1. The van der Waals surface area contributed by atoms with E-state index in [2.05, 4.69) is 15.7 Å². The number of carbonyl (C=O) groups excluding carboxylic acids is 2. The molecule has 3 N–H and O–H groups in total. The van der Waals surface area contributed by atoms with Crippen molar-refractivity contribution >= 4 is 17.6 Å². The van der Waals surface area contributed by atoms with Crippen LogP contribution in [0, 0.1) is 6.92 Å². The molecule has 1 aliphatic carbocycles. The SMILES string of the molecule is Cc1ccccc1CNC(=O)n1nc(-c2cc(NC(=O)c3cccc(C(F)(F)F)c3)ccc2O)cc1C1CC1. The van der Waals surface area contributed by atoms with Gasteiger partial charge in [0.15, 0.2) is 0 Å². The number of carbonyl (C=O) groups is 2. The first-order valence-electron chi connectivity index (χ1n) is 12.3. The molecule has 0 spiro atoms. The van der Waals surface area contributed by atoms with Crippen LogP contribution in [0.15, 0.2) is 72.8 Å². The van der Waals surface area contributed by atoms with Gasteiger partial charge in [-0.15, -0.1) is 0 Å². The lowest BCUT2D eigenvalue weighted by molar-refractivity contribution is -0.137. The number of hydrogen-bond acceptors (Lipinski definition) is 4. The number of alkyl halides is 3. The van der Waals surface area contributed by atoms with Crippen LogP contribution in [-0.4, -0.2) is 26.8 Å². The molecule has 5 rings (SSSR count). The number of aromatic nitrogens is 2. The molecule has 1 fully saturated rings. The second-order valence-electron chi connectivity index (χ2n) is 9.49. The smallest absolute Gasteiger partial charge is 0.416 e. The zero-order valence-electron chi connectivity index (χ0n) is 20.9. The number of aryl methyl sites for hydroxylation is 1. The van der Waals surface area contributed by atoms with E-state index in [1.807, 2.05) is 31.2 Å². The summed E-state index contributed by atoms with van der Waals surface area (Å²) < 4.78 is 40.5. The molecule has 0 unspecified atom stereocenters. The molecule has 0 atom stereocenters. The molecule has 1 saturated carbocycles. The minimum atomic E-state index is -4.58. The van der Waals surface area contributed by atoms with Crippen molar-refractivity contribution < 1.29 is 27.9 Å². The van der Waals surface area contributed by atoms with Gasteiger partial charge in [-0.2, -0.15) is 23.0 Å². The highest BCUT2D eigenvalue weighted by Gasteiger charge is 2.32. The summed E-state index contributed by atoms with van der Waals surface area (Å²) in [5.74, 6) is -0.696. The summed E-state index contributed by atoms with van der Waals surface area (Å²) in [5, 5.41) is 20.5. The summed E-state index contributed by atoms with van der Waals surface area (Å²) in [6.07, 6.45) is -2.75. The van der Waals surface area contributed by atoms with E-state index in [9.17, 15) is 27.9 Å². The van der Waals surface area contributed by atoms with Gasteiger partial charge < -0.3 is 15.7 Å². The third-order valence-electron chi connectivity index (χ3n) is 6.60. The van der Waals surface area contributed by atoms with Gasteiger partial charge in [0.1, 0.15) is 5.75 Å². The van der Waals surface area contributed by atoms with Crippen molar-refractivity contribution in [2.24, 2.45) is 0 Å². The number of phenols is 1. The summed E-state index contributed by atoms with van der Waals surface area (Å²) >= 11 is 0. The standard InChI is InChI=1S/C29H25F3N4O3/c1-17-5-2-3-6-20(17)16-33-28(39)36-25(18-9-10-18)15-24(35-36)23-14-22(11-12-26(23)37)34-27(38)19-7-4-8-21(13-19)29(30,31)32/h2-8,11-15,18,37H,9-10,16H2,1H3,(H,33,39)(H,34,38). The number of halogens is 3. The topological polar surface area (TPSA) is 96.3 Å². The Kier molecular flexibility index (Phi) is 6.86. The minimum absolute atomic E-state index is 0.126. The van der Waals surface area contributed by atoms with Crippen molar-refractivity contribution in [2.45, 2.75) is 38.4 Å². The van der Waals surface area contributed by atoms with Crippen molar-refractivity contribution in [2.75, 3.05) is 5.32 Å². The van der Waals surface area contributed by atoms with Crippen LogP contribution >= 0.6 is 0 Å². The second-order valence-corrected chi connectivity index (χ2v) is 9.49.